The van der Waals surface area contributed by atoms with E-state index in [1.54, 1.807) is 24.3 Å². The molecule has 4 aromatic carbocycles. The highest BCUT2D eigenvalue weighted by molar-refractivity contribution is 7.60. The van der Waals surface area contributed by atoms with E-state index in [2.05, 4.69) is 0 Å². The van der Waals surface area contributed by atoms with Gasteiger partial charge in [-0.05, 0) is 71.8 Å². The number of aromatic nitrogens is 1. The molecule has 31 heavy (non-hydrogen) atoms. The van der Waals surface area contributed by atoms with Crippen molar-refractivity contribution >= 4 is 34.7 Å². The van der Waals surface area contributed by atoms with Crippen molar-refractivity contribution in [2.45, 2.75) is 0 Å². The van der Waals surface area contributed by atoms with Gasteiger partial charge in [0, 0.05) is 16.5 Å². The molecule has 0 bridgehead atoms. The summed E-state index contributed by atoms with van der Waals surface area (Å²) in [5, 5.41) is 1.57. The zero-order valence-electron chi connectivity index (χ0n) is 16.0. The predicted molar refractivity (Wildman–Crippen MR) is 118 cm³/mol. The van der Waals surface area contributed by atoms with Gasteiger partial charge in [0.15, 0.2) is 0 Å². The molecule has 7 heteroatoms. The third-order valence-corrected chi connectivity index (χ3v) is 6.30. The fourth-order valence-corrected chi connectivity index (χ4v) is 4.45. The van der Waals surface area contributed by atoms with Gasteiger partial charge in [-0.3, -0.25) is 4.57 Å². The molecule has 4 nitrogen and oxygen atoms in total. The molecule has 1 aromatic heterocycles. The van der Waals surface area contributed by atoms with E-state index in [4.69, 9.17) is 0 Å². The van der Waals surface area contributed by atoms with Gasteiger partial charge in [0.25, 0.3) is 0 Å². The number of hydrogen-bond acceptors (Lipinski definition) is 1. The smallest absolute Gasteiger partial charge is 0.321 e. The third kappa shape index (κ3) is 3.45. The molecule has 1 heterocycles. The summed E-state index contributed by atoms with van der Waals surface area (Å²) in [6.45, 7) is 0. The molecular weight excluding hydrogens is 419 g/mol. The lowest BCUT2D eigenvalue weighted by molar-refractivity contribution is 0.387. The highest BCUT2D eigenvalue weighted by atomic mass is 31.2. The molecule has 0 atom stereocenters. The molecule has 0 saturated heterocycles. The molecule has 0 aliphatic rings. The van der Waals surface area contributed by atoms with Gasteiger partial charge < -0.3 is 14.4 Å². The second-order valence-electron chi connectivity index (χ2n) is 7.30. The molecule has 5 aromatic rings. The summed E-state index contributed by atoms with van der Waals surface area (Å²) in [5.41, 5.74) is 3.52. The van der Waals surface area contributed by atoms with Crippen LogP contribution in [0.3, 0.4) is 0 Å². The molecule has 5 rings (SSSR count). The molecule has 0 radical (unpaired) electrons. The minimum absolute atomic E-state index is 0.0549. The van der Waals surface area contributed by atoms with E-state index in [0.29, 0.717) is 16.7 Å². The SMILES string of the molecule is O=P(O)(O)c1ccc(-c2cccc(-n3c4cc(F)ccc4c4ccc(F)cc43)c2)cc1. The molecule has 0 fully saturated rings. The van der Waals surface area contributed by atoms with Crippen LogP contribution in [0, 0.1) is 11.6 Å². The minimum atomic E-state index is -4.32. The molecular formula is C24H16F2NO3P. The molecule has 0 unspecified atom stereocenters. The highest BCUT2D eigenvalue weighted by Crippen LogP contribution is 2.35. The van der Waals surface area contributed by atoms with Gasteiger partial charge in [-0.15, -0.1) is 0 Å². The zero-order valence-corrected chi connectivity index (χ0v) is 16.9. The lowest BCUT2D eigenvalue weighted by Crippen LogP contribution is -2.02. The van der Waals surface area contributed by atoms with E-state index in [1.165, 1.54) is 36.4 Å². The Morgan fingerprint density at radius 3 is 1.81 bits per heavy atom. The van der Waals surface area contributed by atoms with Crippen molar-refractivity contribution in [1.82, 2.24) is 4.57 Å². The molecule has 154 valence electrons. The van der Waals surface area contributed by atoms with Gasteiger partial charge in [0.2, 0.25) is 0 Å². The van der Waals surface area contributed by atoms with Crippen molar-refractivity contribution < 1.29 is 23.1 Å². The summed E-state index contributed by atoms with van der Waals surface area (Å²) >= 11 is 0. The van der Waals surface area contributed by atoms with Crippen molar-refractivity contribution in [2.75, 3.05) is 0 Å². The quantitative estimate of drug-likeness (QED) is 0.366. The molecule has 0 aliphatic carbocycles. The van der Waals surface area contributed by atoms with Crippen LogP contribution in [0.15, 0.2) is 84.9 Å². The lowest BCUT2D eigenvalue weighted by atomic mass is 10.1. The fourth-order valence-electron chi connectivity index (χ4n) is 3.92. The van der Waals surface area contributed by atoms with Gasteiger partial charge in [-0.25, -0.2) is 8.78 Å². The van der Waals surface area contributed by atoms with Crippen LogP contribution in [0.4, 0.5) is 8.78 Å². The fraction of sp³-hybridized carbons (Fsp3) is 0. The van der Waals surface area contributed by atoms with Crippen LogP contribution < -0.4 is 5.30 Å². The standard InChI is InChI=1S/C24H16F2NO3P/c25-17-6-10-21-22-11-7-18(26)14-24(22)27(23(21)13-17)19-3-1-2-16(12-19)15-4-8-20(9-5-15)31(28,29)30/h1-14H,(H2,28,29,30). The second-order valence-corrected chi connectivity index (χ2v) is 8.90. The first-order valence-corrected chi connectivity index (χ1v) is 11.1. The van der Waals surface area contributed by atoms with Crippen molar-refractivity contribution in [3.8, 4) is 16.8 Å². The Kier molecular flexibility index (Phi) is 4.52. The van der Waals surface area contributed by atoms with E-state index in [1.807, 2.05) is 28.8 Å². The van der Waals surface area contributed by atoms with E-state index in [9.17, 15) is 23.1 Å². The van der Waals surface area contributed by atoms with E-state index in [0.717, 1.165) is 21.9 Å². The van der Waals surface area contributed by atoms with E-state index < -0.39 is 7.60 Å². The van der Waals surface area contributed by atoms with Crippen molar-refractivity contribution in [1.29, 1.82) is 0 Å². The zero-order chi connectivity index (χ0) is 21.8. The Hall–Kier alpha value is -3.31. The van der Waals surface area contributed by atoms with Crippen LogP contribution in [0.25, 0.3) is 38.6 Å². The number of hydrogen-bond donors (Lipinski definition) is 2. The Balaban J connectivity index is 1.72. The van der Waals surface area contributed by atoms with Crippen molar-refractivity contribution in [2.24, 2.45) is 0 Å². The Morgan fingerprint density at radius 1 is 0.677 bits per heavy atom. The van der Waals surface area contributed by atoms with Gasteiger partial charge in [0.1, 0.15) is 11.6 Å². The van der Waals surface area contributed by atoms with Gasteiger partial charge in [0.05, 0.1) is 16.3 Å². The summed E-state index contributed by atoms with van der Waals surface area (Å²) in [4.78, 5) is 18.6. The molecule has 0 aliphatic heterocycles. The summed E-state index contributed by atoms with van der Waals surface area (Å²) in [6, 6.07) is 22.5. The van der Waals surface area contributed by atoms with Crippen LogP contribution in [0.1, 0.15) is 0 Å². The van der Waals surface area contributed by atoms with Gasteiger partial charge in [-0.2, -0.15) is 0 Å². The first-order valence-electron chi connectivity index (χ1n) is 9.47. The van der Waals surface area contributed by atoms with Crippen LogP contribution in [-0.2, 0) is 4.57 Å². The first-order chi connectivity index (χ1) is 14.8. The van der Waals surface area contributed by atoms with Crippen LogP contribution in [0.5, 0.6) is 0 Å². The highest BCUT2D eigenvalue weighted by Gasteiger charge is 2.17. The maximum Gasteiger partial charge on any atom is 0.356 e. The predicted octanol–water partition coefficient (Wildman–Crippen LogP) is 5.53. The monoisotopic (exact) mass is 435 g/mol. The average Bonchev–Trinajstić information content (AvgIpc) is 3.05. The van der Waals surface area contributed by atoms with Crippen LogP contribution in [-0.4, -0.2) is 14.4 Å². The number of benzene rings is 4. The maximum atomic E-state index is 14.1. The van der Waals surface area contributed by atoms with Crippen molar-refractivity contribution in [3.05, 3.63) is 96.6 Å². The van der Waals surface area contributed by atoms with E-state index in [-0.39, 0.29) is 16.9 Å². The normalized spacial score (nSPS) is 12.0. The number of fused-ring (bicyclic) bond motifs is 3. The van der Waals surface area contributed by atoms with Gasteiger partial charge in [-0.1, -0.05) is 24.3 Å². The largest absolute Gasteiger partial charge is 0.356 e. The molecule has 2 N–H and O–H groups in total. The van der Waals surface area contributed by atoms with Crippen LogP contribution >= 0.6 is 7.60 Å². The lowest BCUT2D eigenvalue weighted by Gasteiger charge is -2.11. The molecule has 0 spiro atoms. The van der Waals surface area contributed by atoms with E-state index >= 15 is 0 Å². The summed E-state index contributed by atoms with van der Waals surface area (Å²) in [7, 11) is -4.32. The number of halogens is 2. The summed E-state index contributed by atoms with van der Waals surface area (Å²) in [5.74, 6) is -0.776. The number of rotatable bonds is 3. The Bertz CT molecular complexity index is 1440. The summed E-state index contributed by atoms with van der Waals surface area (Å²) < 4.78 is 41.4. The Labute approximate surface area is 176 Å². The van der Waals surface area contributed by atoms with Gasteiger partial charge >= 0.3 is 7.60 Å². The Morgan fingerprint density at radius 2 is 1.26 bits per heavy atom. The second kappa shape index (κ2) is 7.13. The molecule has 0 amide bonds. The first kappa shape index (κ1) is 19.6. The number of nitrogens with zero attached hydrogens (tertiary/aromatic N) is 1. The third-order valence-electron chi connectivity index (χ3n) is 5.33. The van der Waals surface area contributed by atoms with Crippen molar-refractivity contribution in [3.63, 3.8) is 0 Å². The average molecular weight is 435 g/mol. The maximum absolute atomic E-state index is 14.1. The van der Waals surface area contributed by atoms with Crippen LogP contribution in [0.2, 0.25) is 0 Å². The minimum Gasteiger partial charge on any atom is -0.321 e. The summed E-state index contributed by atoms with van der Waals surface area (Å²) in [6.07, 6.45) is 0. The molecule has 0 saturated carbocycles. The topological polar surface area (TPSA) is 62.5 Å².